The second kappa shape index (κ2) is 10.4. The molecule has 0 spiro atoms. The molecule has 7 nitrogen and oxygen atoms in total. The summed E-state index contributed by atoms with van der Waals surface area (Å²) in [7, 11) is 0. The second-order valence-corrected chi connectivity index (χ2v) is 8.41. The fourth-order valence-electron chi connectivity index (χ4n) is 4.27. The third-order valence-electron chi connectivity index (χ3n) is 6.02. The quantitative estimate of drug-likeness (QED) is 0.431. The fraction of sp³-hybridized carbons (Fsp3) is 0.222. The molecule has 4 rings (SSSR count). The highest BCUT2D eigenvalue weighted by atomic mass is 19.1. The maximum absolute atomic E-state index is 13.5. The number of nitrogens with one attached hydrogen (secondary N) is 2. The van der Waals surface area contributed by atoms with E-state index in [1.54, 1.807) is 6.92 Å². The Morgan fingerprint density at radius 2 is 1.63 bits per heavy atom. The van der Waals surface area contributed by atoms with Gasteiger partial charge in [0.15, 0.2) is 0 Å². The normalized spacial score (nSPS) is 12.9. The third-order valence-corrected chi connectivity index (χ3v) is 6.02. The highest BCUT2D eigenvalue weighted by Crippen LogP contribution is 2.44. The van der Waals surface area contributed by atoms with Crippen LogP contribution in [0.25, 0.3) is 11.1 Å². The van der Waals surface area contributed by atoms with Crippen molar-refractivity contribution in [3.63, 3.8) is 0 Å². The van der Waals surface area contributed by atoms with E-state index in [0.29, 0.717) is 11.3 Å². The standard InChI is InChI=1S/C27H25FN2O5/c1-16-14-17(10-11-23(16)28)29-26(33)24(12-13-25(31)32)30-27(34)35-15-22-20-8-4-2-6-18(20)19-7-3-5-9-21(19)22/h2-11,14,22,24H,12-13,15H2,1H3,(H,29,33)(H,30,34)(H,31,32). The molecule has 3 aromatic carbocycles. The Kier molecular flexibility index (Phi) is 7.10. The molecular formula is C27H25FN2O5. The van der Waals surface area contributed by atoms with Gasteiger partial charge in [0.1, 0.15) is 18.5 Å². The Morgan fingerprint density at radius 1 is 1.00 bits per heavy atom. The number of hydrogen-bond acceptors (Lipinski definition) is 4. The molecule has 180 valence electrons. The first-order valence-corrected chi connectivity index (χ1v) is 11.2. The van der Waals surface area contributed by atoms with Crippen LogP contribution < -0.4 is 10.6 Å². The number of benzene rings is 3. The molecule has 0 aromatic heterocycles. The number of hydrogen-bond donors (Lipinski definition) is 3. The number of anilines is 1. The van der Waals surface area contributed by atoms with Crippen molar-refractivity contribution in [2.75, 3.05) is 11.9 Å². The first-order valence-electron chi connectivity index (χ1n) is 11.2. The van der Waals surface area contributed by atoms with Crippen molar-refractivity contribution in [1.82, 2.24) is 5.32 Å². The molecular weight excluding hydrogens is 451 g/mol. The molecule has 1 aliphatic rings. The van der Waals surface area contributed by atoms with E-state index in [1.165, 1.54) is 18.2 Å². The first kappa shape index (κ1) is 23.9. The van der Waals surface area contributed by atoms with Crippen molar-refractivity contribution < 1.29 is 28.6 Å². The van der Waals surface area contributed by atoms with Gasteiger partial charge in [-0.1, -0.05) is 48.5 Å². The number of carboxylic acids is 1. The number of carbonyl (C=O) groups is 3. The van der Waals surface area contributed by atoms with Gasteiger partial charge in [0, 0.05) is 18.0 Å². The summed E-state index contributed by atoms with van der Waals surface area (Å²) in [6.45, 7) is 1.62. The lowest BCUT2D eigenvalue weighted by molar-refractivity contribution is -0.137. The molecule has 0 saturated carbocycles. The van der Waals surface area contributed by atoms with Crippen LogP contribution in [0.15, 0.2) is 66.7 Å². The van der Waals surface area contributed by atoms with E-state index < -0.39 is 29.8 Å². The Bertz CT molecular complexity index is 1230. The fourth-order valence-corrected chi connectivity index (χ4v) is 4.27. The smallest absolute Gasteiger partial charge is 0.407 e. The highest BCUT2D eigenvalue weighted by Gasteiger charge is 2.30. The Morgan fingerprint density at radius 3 is 2.23 bits per heavy atom. The van der Waals surface area contributed by atoms with Crippen LogP contribution in [0.3, 0.4) is 0 Å². The molecule has 8 heteroatoms. The van der Waals surface area contributed by atoms with Gasteiger partial charge >= 0.3 is 12.1 Å². The molecule has 3 aromatic rings. The van der Waals surface area contributed by atoms with Gasteiger partial charge in [-0.25, -0.2) is 9.18 Å². The van der Waals surface area contributed by atoms with Gasteiger partial charge in [0.2, 0.25) is 5.91 Å². The molecule has 0 bridgehead atoms. The zero-order valence-corrected chi connectivity index (χ0v) is 19.1. The van der Waals surface area contributed by atoms with Crippen LogP contribution >= 0.6 is 0 Å². The van der Waals surface area contributed by atoms with Gasteiger partial charge in [-0.15, -0.1) is 0 Å². The maximum Gasteiger partial charge on any atom is 0.407 e. The molecule has 0 saturated heterocycles. The minimum Gasteiger partial charge on any atom is -0.481 e. The average molecular weight is 477 g/mol. The van der Waals surface area contributed by atoms with Gasteiger partial charge in [0.05, 0.1) is 0 Å². The van der Waals surface area contributed by atoms with Gasteiger partial charge < -0.3 is 20.5 Å². The van der Waals surface area contributed by atoms with Crippen LogP contribution in [0.4, 0.5) is 14.9 Å². The lowest BCUT2D eigenvalue weighted by atomic mass is 9.98. The number of fused-ring (bicyclic) bond motifs is 3. The van der Waals surface area contributed by atoms with Crippen molar-refractivity contribution in [2.45, 2.75) is 31.7 Å². The molecule has 1 aliphatic carbocycles. The van der Waals surface area contributed by atoms with Gasteiger partial charge in [-0.3, -0.25) is 9.59 Å². The largest absolute Gasteiger partial charge is 0.481 e. The number of ether oxygens (including phenoxy) is 1. The summed E-state index contributed by atoms with van der Waals surface area (Å²) >= 11 is 0. The SMILES string of the molecule is Cc1cc(NC(=O)C(CCC(=O)O)NC(=O)OCC2c3ccccc3-c3ccccc32)ccc1F. The van der Waals surface area contributed by atoms with E-state index >= 15 is 0 Å². The number of rotatable bonds is 8. The highest BCUT2D eigenvalue weighted by molar-refractivity contribution is 5.96. The van der Waals surface area contributed by atoms with E-state index in [2.05, 4.69) is 10.6 Å². The van der Waals surface area contributed by atoms with Crippen molar-refractivity contribution in [1.29, 1.82) is 0 Å². The van der Waals surface area contributed by atoms with Gasteiger partial charge in [-0.05, 0) is 59.4 Å². The number of aliphatic carboxylic acids is 1. The Hall–Kier alpha value is -4.20. The van der Waals surface area contributed by atoms with Gasteiger partial charge in [0.25, 0.3) is 0 Å². The zero-order chi connectivity index (χ0) is 24.9. The van der Waals surface area contributed by atoms with Crippen LogP contribution in [-0.2, 0) is 14.3 Å². The number of aryl methyl sites for hydroxylation is 1. The molecule has 0 heterocycles. The van der Waals surface area contributed by atoms with E-state index in [0.717, 1.165) is 22.3 Å². The van der Waals surface area contributed by atoms with Crippen LogP contribution in [0, 0.1) is 12.7 Å². The van der Waals surface area contributed by atoms with Gasteiger partial charge in [-0.2, -0.15) is 0 Å². The molecule has 35 heavy (non-hydrogen) atoms. The van der Waals surface area contributed by atoms with E-state index in [1.807, 2.05) is 48.5 Å². The molecule has 0 aliphatic heterocycles. The second-order valence-electron chi connectivity index (χ2n) is 8.41. The van der Waals surface area contributed by atoms with Crippen molar-refractivity contribution in [3.05, 3.63) is 89.2 Å². The summed E-state index contributed by atoms with van der Waals surface area (Å²) in [5, 5.41) is 14.1. The van der Waals surface area contributed by atoms with E-state index in [4.69, 9.17) is 9.84 Å². The number of carbonyl (C=O) groups excluding carboxylic acids is 2. The third kappa shape index (κ3) is 5.48. The monoisotopic (exact) mass is 476 g/mol. The molecule has 0 fully saturated rings. The van der Waals surface area contributed by atoms with Crippen molar-refractivity contribution in [2.24, 2.45) is 0 Å². The number of carboxylic acid groups (broad SMARTS) is 1. The predicted molar refractivity (Wildman–Crippen MR) is 129 cm³/mol. The summed E-state index contributed by atoms with van der Waals surface area (Å²) in [6.07, 6.45) is -1.29. The van der Waals surface area contributed by atoms with E-state index in [-0.39, 0.29) is 25.4 Å². The predicted octanol–water partition coefficient (Wildman–Crippen LogP) is 4.84. The van der Waals surface area contributed by atoms with E-state index in [9.17, 15) is 18.8 Å². The number of amides is 2. The van der Waals surface area contributed by atoms with Crippen molar-refractivity contribution >= 4 is 23.7 Å². The Labute approximate surface area is 201 Å². The average Bonchev–Trinajstić information content (AvgIpc) is 3.16. The first-order chi connectivity index (χ1) is 16.8. The summed E-state index contributed by atoms with van der Waals surface area (Å²) in [5.74, 6) is -2.29. The summed E-state index contributed by atoms with van der Waals surface area (Å²) in [5.41, 5.74) is 4.95. The number of alkyl carbamates (subject to hydrolysis) is 1. The minimum atomic E-state index is -1.15. The number of halogens is 1. The summed E-state index contributed by atoms with van der Waals surface area (Å²) < 4.78 is 19.0. The molecule has 3 N–H and O–H groups in total. The minimum absolute atomic E-state index is 0.0598. The van der Waals surface area contributed by atoms with Crippen LogP contribution in [0.5, 0.6) is 0 Å². The van der Waals surface area contributed by atoms with Crippen LogP contribution in [-0.4, -0.2) is 35.7 Å². The zero-order valence-electron chi connectivity index (χ0n) is 19.1. The maximum atomic E-state index is 13.5. The topological polar surface area (TPSA) is 105 Å². The Balaban J connectivity index is 1.43. The van der Waals surface area contributed by atoms with Crippen LogP contribution in [0.2, 0.25) is 0 Å². The van der Waals surface area contributed by atoms with Crippen molar-refractivity contribution in [3.8, 4) is 11.1 Å². The lowest BCUT2D eigenvalue weighted by Crippen LogP contribution is -2.44. The lowest BCUT2D eigenvalue weighted by Gasteiger charge is -2.19. The summed E-state index contributed by atoms with van der Waals surface area (Å²) in [4.78, 5) is 36.5. The molecule has 0 radical (unpaired) electrons. The summed E-state index contributed by atoms with van der Waals surface area (Å²) in [6, 6.07) is 18.7. The molecule has 1 atom stereocenters. The van der Waals surface area contributed by atoms with Crippen LogP contribution in [0.1, 0.15) is 35.4 Å². The molecule has 2 amide bonds. The molecule has 1 unspecified atom stereocenters.